The number of aromatic nitrogens is 3. The first kappa shape index (κ1) is 15.5. The van der Waals surface area contributed by atoms with Crippen LogP contribution in [0.5, 0.6) is 0 Å². The van der Waals surface area contributed by atoms with E-state index in [0.29, 0.717) is 16.9 Å². The lowest BCUT2D eigenvalue weighted by atomic mass is 10.1. The highest BCUT2D eigenvalue weighted by molar-refractivity contribution is 6.01. The van der Waals surface area contributed by atoms with Crippen LogP contribution in [0, 0.1) is 5.82 Å². The third kappa shape index (κ3) is 3.35. The molecule has 3 rings (SSSR count). The van der Waals surface area contributed by atoms with Gasteiger partial charge in [-0.3, -0.25) is 9.59 Å². The number of nitrogens with one attached hydrogen (secondary N) is 1. The standard InChI is InChI=1S/C17H13FN4O2/c1-11(23)12-3-2-4-15(9-12)22-10-19-16(21-22)17(24)20-14-7-5-13(18)6-8-14/h2-10H,1H3,(H,20,24). The third-order valence-corrected chi connectivity index (χ3v) is 3.31. The van der Waals surface area contributed by atoms with Gasteiger partial charge in [0.15, 0.2) is 5.78 Å². The molecule has 0 saturated carbocycles. The van der Waals surface area contributed by atoms with Crippen molar-refractivity contribution in [3.05, 3.63) is 72.1 Å². The number of nitrogens with zero attached hydrogens (tertiary/aromatic N) is 3. The first-order valence-corrected chi connectivity index (χ1v) is 7.13. The molecule has 0 aliphatic carbocycles. The number of anilines is 1. The minimum Gasteiger partial charge on any atom is -0.319 e. The summed E-state index contributed by atoms with van der Waals surface area (Å²) in [7, 11) is 0. The second-order valence-electron chi connectivity index (χ2n) is 5.08. The van der Waals surface area contributed by atoms with Crippen molar-refractivity contribution >= 4 is 17.4 Å². The van der Waals surface area contributed by atoms with Gasteiger partial charge in [0.05, 0.1) is 5.69 Å². The summed E-state index contributed by atoms with van der Waals surface area (Å²) in [4.78, 5) is 27.5. The molecule has 1 amide bonds. The van der Waals surface area contributed by atoms with Crippen LogP contribution < -0.4 is 5.32 Å². The smallest absolute Gasteiger partial charge is 0.295 e. The summed E-state index contributed by atoms with van der Waals surface area (Å²) in [6.07, 6.45) is 1.39. The van der Waals surface area contributed by atoms with Crippen molar-refractivity contribution in [2.75, 3.05) is 5.32 Å². The lowest BCUT2D eigenvalue weighted by Gasteiger charge is -2.03. The van der Waals surface area contributed by atoms with Gasteiger partial charge < -0.3 is 5.32 Å². The van der Waals surface area contributed by atoms with Crippen molar-refractivity contribution in [1.82, 2.24) is 14.8 Å². The highest BCUT2D eigenvalue weighted by Gasteiger charge is 2.13. The highest BCUT2D eigenvalue weighted by atomic mass is 19.1. The summed E-state index contributed by atoms with van der Waals surface area (Å²) >= 11 is 0. The van der Waals surface area contributed by atoms with Crippen molar-refractivity contribution in [2.45, 2.75) is 6.92 Å². The lowest BCUT2D eigenvalue weighted by Crippen LogP contribution is -2.14. The maximum atomic E-state index is 12.9. The van der Waals surface area contributed by atoms with Crippen LogP contribution in [0.4, 0.5) is 10.1 Å². The summed E-state index contributed by atoms with van der Waals surface area (Å²) in [6, 6.07) is 12.2. The van der Waals surface area contributed by atoms with E-state index >= 15 is 0 Å². The zero-order valence-corrected chi connectivity index (χ0v) is 12.7. The summed E-state index contributed by atoms with van der Waals surface area (Å²) in [6.45, 7) is 1.47. The Morgan fingerprint density at radius 3 is 2.58 bits per heavy atom. The van der Waals surface area contributed by atoms with Gasteiger partial charge in [-0.1, -0.05) is 12.1 Å². The predicted octanol–water partition coefficient (Wildman–Crippen LogP) is 2.86. The number of amides is 1. The van der Waals surface area contributed by atoms with Gasteiger partial charge in [-0.2, -0.15) is 0 Å². The quantitative estimate of drug-likeness (QED) is 0.749. The molecule has 0 radical (unpaired) electrons. The molecular formula is C17H13FN4O2. The first-order valence-electron chi connectivity index (χ1n) is 7.13. The minimum atomic E-state index is -0.511. The molecule has 0 aliphatic rings. The summed E-state index contributed by atoms with van der Waals surface area (Å²) in [5, 5.41) is 6.68. The molecular weight excluding hydrogens is 311 g/mol. The van der Waals surface area contributed by atoms with E-state index in [0.717, 1.165) is 0 Å². The molecule has 0 saturated heterocycles. The van der Waals surface area contributed by atoms with Gasteiger partial charge in [0.1, 0.15) is 12.1 Å². The molecule has 0 bridgehead atoms. The molecule has 0 fully saturated rings. The molecule has 0 spiro atoms. The summed E-state index contributed by atoms with van der Waals surface area (Å²) in [5.41, 5.74) is 1.60. The van der Waals surface area contributed by atoms with Crippen molar-refractivity contribution in [2.24, 2.45) is 0 Å². The van der Waals surface area contributed by atoms with E-state index in [1.165, 1.54) is 42.2 Å². The van der Waals surface area contributed by atoms with Crippen LogP contribution in [0.25, 0.3) is 5.69 Å². The zero-order chi connectivity index (χ0) is 17.1. The summed E-state index contributed by atoms with van der Waals surface area (Å²) < 4.78 is 14.3. The number of hydrogen-bond donors (Lipinski definition) is 1. The van der Waals surface area contributed by atoms with Crippen molar-refractivity contribution in [3.8, 4) is 5.69 Å². The molecule has 2 aromatic carbocycles. The van der Waals surface area contributed by atoms with E-state index in [1.54, 1.807) is 24.3 Å². The Morgan fingerprint density at radius 2 is 1.88 bits per heavy atom. The number of hydrogen-bond acceptors (Lipinski definition) is 4. The lowest BCUT2D eigenvalue weighted by molar-refractivity contribution is 0.100. The third-order valence-electron chi connectivity index (χ3n) is 3.31. The fraction of sp³-hybridized carbons (Fsp3) is 0.0588. The van der Waals surface area contributed by atoms with E-state index in [9.17, 15) is 14.0 Å². The van der Waals surface area contributed by atoms with Gasteiger partial charge in [-0.05, 0) is 43.3 Å². The van der Waals surface area contributed by atoms with Crippen LogP contribution in [0.2, 0.25) is 0 Å². The van der Waals surface area contributed by atoms with Crippen LogP contribution in [0.3, 0.4) is 0 Å². The number of carbonyl (C=O) groups is 2. The van der Waals surface area contributed by atoms with Gasteiger partial charge in [0.2, 0.25) is 5.82 Å². The zero-order valence-electron chi connectivity index (χ0n) is 12.7. The maximum Gasteiger partial charge on any atom is 0.295 e. The van der Waals surface area contributed by atoms with Gasteiger partial charge >= 0.3 is 0 Å². The second kappa shape index (κ2) is 6.41. The fourth-order valence-electron chi connectivity index (χ4n) is 2.08. The Kier molecular flexibility index (Phi) is 4.15. The molecule has 1 N–H and O–H groups in total. The van der Waals surface area contributed by atoms with Crippen LogP contribution in [-0.4, -0.2) is 26.5 Å². The van der Waals surface area contributed by atoms with Gasteiger partial charge in [-0.25, -0.2) is 14.1 Å². The number of carbonyl (C=O) groups excluding carboxylic acids is 2. The average Bonchev–Trinajstić information content (AvgIpc) is 3.07. The average molecular weight is 324 g/mol. The number of rotatable bonds is 4. The number of ketones is 1. The predicted molar refractivity (Wildman–Crippen MR) is 85.7 cm³/mol. The molecule has 7 heteroatoms. The topological polar surface area (TPSA) is 76.9 Å². The number of halogens is 1. The molecule has 0 atom stereocenters. The van der Waals surface area contributed by atoms with Crippen molar-refractivity contribution in [1.29, 1.82) is 0 Å². The van der Waals surface area contributed by atoms with Crippen LogP contribution in [0.15, 0.2) is 54.9 Å². The molecule has 6 nitrogen and oxygen atoms in total. The Labute approximate surface area is 137 Å². The molecule has 120 valence electrons. The van der Waals surface area contributed by atoms with E-state index < -0.39 is 5.91 Å². The Morgan fingerprint density at radius 1 is 1.12 bits per heavy atom. The fourth-order valence-corrected chi connectivity index (χ4v) is 2.08. The molecule has 3 aromatic rings. The normalized spacial score (nSPS) is 10.4. The first-order chi connectivity index (χ1) is 11.5. The monoisotopic (exact) mass is 324 g/mol. The van der Waals surface area contributed by atoms with Gasteiger partial charge in [-0.15, -0.1) is 5.10 Å². The minimum absolute atomic E-state index is 0.0347. The molecule has 1 heterocycles. The molecule has 1 aromatic heterocycles. The SMILES string of the molecule is CC(=O)c1cccc(-n2cnc(C(=O)Nc3ccc(F)cc3)n2)c1. The van der Waals surface area contributed by atoms with E-state index in [4.69, 9.17) is 0 Å². The molecule has 0 aliphatic heterocycles. The number of benzene rings is 2. The van der Waals surface area contributed by atoms with E-state index in [-0.39, 0.29) is 17.4 Å². The van der Waals surface area contributed by atoms with E-state index in [2.05, 4.69) is 15.4 Å². The largest absolute Gasteiger partial charge is 0.319 e. The maximum absolute atomic E-state index is 12.9. The van der Waals surface area contributed by atoms with Gasteiger partial charge in [0.25, 0.3) is 5.91 Å². The van der Waals surface area contributed by atoms with Crippen LogP contribution in [0.1, 0.15) is 27.9 Å². The van der Waals surface area contributed by atoms with Crippen LogP contribution >= 0.6 is 0 Å². The van der Waals surface area contributed by atoms with E-state index in [1.807, 2.05) is 0 Å². The second-order valence-corrected chi connectivity index (χ2v) is 5.08. The highest BCUT2D eigenvalue weighted by Crippen LogP contribution is 2.12. The molecule has 24 heavy (non-hydrogen) atoms. The summed E-state index contributed by atoms with van der Waals surface area (Å²) in [5.74, 6) is -0.998. The Bertz CT molecular complexity index is 903. The van der Waals surface area contributed by atoms with Gasteiger partial charge in [0, 0.05) is 11.3 Å². The Hall–Kier alpha value is -3.35. The number of Topliss-reactive ketones (excluding diaryl/α,β-unsaturated/α-hetero) is 1. The van der Waals surface area contributed by atoms with Crippen molar-refractivity contribution < 1.29 is 14.0 Å². The Balaban J connectivity index is 1.80. The van der Waals surface area contributed by atoms with Crippen LogP contribution in [-0.2, 0) is 0 Å². The molecule has 0 unspecified atom stereocenters. The van der Waals surface area contributed by atoms with Crippen molar-refractivity contribution in [3.63, 3.8) is 0 Å².